The number of phenols is 3. The third-order valence-electron chi connectivity index (χ3n) is 2.50. The van der Waals surface area contributed by atoms with Crippen LogP contribution in [0.2, 0.25) is 0 Å². The molecule has 3 N–H and O–H groups in total. The SMILES string of the molecule is Oc1ccccc1.Oc1ccccc1.Oc1ccccc1.[CH2-]C=CC.[Ti]. The second-order valence-corrected chi connectivity index (χ2v) is 4.58. The standard InChI is InChI=1S/3C6H6O.C4H7.Ti/c3*7-6-4-2-1-3-5-6;1-3-4-2;/h3*1-5,7H;3-4H,1H2,2H3;/q;;;-1;. The van der Waals surface area contributed by atoms with Crippen LogP contribution in [0, 0.1) is 6.92 Å². The maximum atomic E-state index is 8.63. The van der Waals surface area contributed by atoms with Crippen LogP contribution in [0.3, 0.4) is 0 Å². The van der Waals surface area contributed by atoms with Crippen molar-refractivity contribution in [1.82, 2.24) is 0 Å². The predicted octanol–water partition coefficient (Wildman–Crippen LogP) is 5.57. The smallest absolute Gasteiger partial charge is 0.115 e. The van der Waals surface area contributed by atoms with Crippen molar-refractivity contribution in [1.29, 1.82) is 0 Å². The normalized spacial score (nSPS) is 8.35. The molecule has 0 saturated carbocycles. The van der Waals surface area contributed by atoms with Gasteiger partial charge >= 0.3 is 0 Å². The van der Waals surface area contributed by atoms with Crippen LogP contribution >= 0.6 is 0 Å². The summed E-state index contributed by atoms with van der Waals surface area (Å²) in [5, 5.41) is 25.9. The van der Waals surface area contributed by atoms with Crippen LogP contribution in [0.5, 0.6) is 17.2 Å². The van der Waals surface area contributed by atoms with E-state index < -0.39 is 0 Å². The van der Waals surface area contributed by atoms with Gasteiger partial charge in [-0.3, -0.25) is 0 Å². The average Bonchev–Trinajstić information content (AvgIpc) is 2.65. The van der Waals surface area contributed by atoms with Gasteiger partial charge in [0.15, 0.2) is 0 Å². The van der Waals surface area contributed by atoms with Gasteiger partial charge < -0.3 is 15.3 Å². The van der Waals surface area contributed by atoms with E-state index in [0.29, 0.717) is 17.2 Å². The zero-order valence-corrected chi connectivity index (χ0v) is 16.4. The van der Waals surface area contributed by atoms with E-state index >= 15 is 0 Å². The van der Waals surface area contributed by atoms with Crippen molar-refractivity contribution in [2.24, 2.45) is 0 Å². The van der Waals surface area contributed by atoms with Crippen molar-refractivity contribution >= 4 is 0 Å². The first-order valence-electron chi connectivity index (χ1n) is 7.72. The molecule has 3 aromatic carbocycles. The molecule has 0 fully saturated rings. The van der Waals surface area contributed by atoms with E-state index in [1.807, 2.05) is 31.2 Å². The Morgan fingerprint density at radius 1 is 0.577 bits per heavy atom. The maximum Gasteiger partial charge on any atom is 0.115 e. The number of benzene rings is 3. The molecule has 3 aromatic rings. The van der Waals surface area contributed by atoms with Gasteiger partial charge in [0.25, 0.3) is 0 Å². The fraction of sp³-hybridized carbons (Fsp3) is 0.0455. The maximum absolute atomic E-state index is 8.63. The molecule has 0 amide bonds. The van der Waals surface area contributed by atoms with E-state index in [0.717, 1.165) is 0 Å². The molecule has 0 unspecified atom stereocenters. The number of phenolic OH excluding ortho intramolecular Hbond substituents is 3. The minimum absolute atomic E-state index is 0. The summed E-state index contributed by atoms with van der Waals surface area (Å²) in [4.78, 5) is 0. The molecule has 0 atom stereocenters. The summed E-state index contributed by atoms with van der Waals surface area (Å²) in [7, 11) is 0. The summed E-state index contributed by atoms with van der Waals surface area (Å²) in [6.07, 6.45) is 3.64. The zero-order chi connectivity index (χ0) is 18.8. The molecule has 0 aliphatic heterocycles. The molecule has 0 radical (unpaired) electrons. The van der Waals surface area contributed by atoms with Crippen LogP contribution in [-0.4, -0.2) is 15.3 Å². The summed E-state index contributed by atoms with van der Waals surface area (Å²) in [5.41, 5.74) is 0. The number of allylic oxidation sites excluding steroid dienone is 2. The topological polar surface area (TPSA) is 60.7 Å². The predicted molar refractivity (Wildman–Crippen MR) is 104 cm³/mol. The summed E-state index contributed by atoms with van der Waals surface area (Å²) in [6.45, 7) is 5.36. The monoisotopic (exact) mass is 385 g/mol. The van der Waals surface area contributed by atoms with Crippen molar-refractivity contribution in [2.75, 3.05) is 0 Å². The molecule has 26 heavy (non-hydrogen) atoms. The van der Waals surface area contributed by atoms with E-state index in [9.17, 15) is 0 Å². The van der Waals surface area contributed by atoms with E-state index in [-0.39, 0.29) is 21.7 Å². The molecule has 0 aliphatic rings. The van der Waals surface area contributed by atoms with Gasteiger partial charge in [-0.2, -0.15) is 0 Å². The zero-order valence-electron chi connectivity index (χ0n) is 14.9. The summed E-state index contributed by atoms with van der Waals surface area (Å²) < 4.78 is 0. The van der Waals surface area contributed by atoms with Crippen LogP contribution in [0.25, 0.3) is 0 Å². The van der Waals surface area contributed by atoms with Gasteiger partial charge in [-0.05, 0) is 36.4 Å². The van der Waals surface area contributed by atoms with E-state index in [2.05, 4.69) is 6.92 Å². The van der Waals surface area contributed by atoms with Crippen molar-refractivity contribution in [3.8, 4) is 17.2 Å². The van der Waals surface area contributed by atoms with Crippen molar-refractivity contribution in [3.63, 3.8) is 0 Å². The van der Waals surface area contributed by atoms with Gasteiger partial charge in [0.05, 0.1) is 0 Å². The molecule has 3 nitrogen and oxygen atoms in total. The van der Waals surface area contributed by atoms with Gasteiger partial charge in [0.2, 0.25) is 0 Å². The Kier molecular flexibility index (Phi) is 18.4. The Hall–Kier alpha value is -2.62. The largest absolute Gasteiger partial charge is 0.508 e. The Labute approximate surface area is 171 Å². The number of para-hydroxylation sites is 3. The van der Waals surface area contributed by atoms with Crippen LogP contribution in [0.15, 0.2) is 103 Å². The van der Waals surface area contributed by atoms with Crippen LogP contribution in [-0.2, 0) is 21.7 Å². The Morgan fingerprint density at radius 3 is 0.846 bits per heavy atom. The molecule has 0 bridgehead atoms. The Bertz CT molecular complexity index is 564. The number of hydrogen-bond donors (Lipinski definition) is 3. The summed E-state index contributed by atoms with van der Waals surface area (Å²) in [5.74, 6) is 0.965. The number of aromatic hydroxyl groups is 3. The fourth-order valence-electron chi connectivity index (χ4n) is 1.28. The molecule has 0 saturated heterocycles. The van der Waals surface area contributed by atoms with Crippen LogP contribution in [0.4, 0.5) is 0 Å². The minimum Gasteiger partial charge on any atom is -0.508 e. The molecule has 3 rings (SSSR count). The van der Waals surface area contributed by atoms with Crippen LogP contribution < -0.4 is 0 Å². The van der Waals surface area contributed by atoms with Gasteiger partial charge in [0, 0.05) is 21.7 Å². The third-order valence-corrected chi connectivity index (χ3v) is 2.50. The van der Waals surface area contributed by atoms with E-state index in [1.54, 1.807) is 78.9 Å². The van der Waals surface area contributed by atoms with Crippen molar-refractivity contribution in [3.05, 3.63) is 110 Å². The number of rotatable bonds is 0. The first kappa shape index (κ1) is 25.6. The van der Waals surface area contributed by atoms with Gasteiger partial charge in [-0.1, -0.05) is 54.6 Å². The molecule has 0 spiro atoms. The molecule has 0 heterocycles. The Morgan fingerprint density at radius 2 is 0.769 bits per heavy atom. The molecule has 0 aromatic heterocycles. The molecular weight excluding hydrogens is 360 g/mol. The first-order chi connectivity index (χ1) is 12.1. The average molecular weight is 385 g/mol. The second kappa shape index (κ2) is 18.7. The Balaban J connectivity index is 0. The van der Waals surface area contributed by atoms with E-state index in [1.165, 1.54) is 0 Å². The summed E-state index contributed by atoms with van der Waals surface area (Å²) >= 11 is 0. The number of hydrogen-bond acceptors (Lipinski definition) is 3. The molecule has 4 heteroatoms. The second-order valence-electron chi connectivity index (χ2n) is 4.58. The van der Waals surface area contributed by atoms with Crippen molar-refractivity contribution < 1.29 is 37.0 Å². The van der Waals surface area contributed by atoms with Gasteiger partial charge in [-0.15, -0.1) is 6.92 Å². The van der Waals surface area contributed by atoms with Gasteiger partial charge in [0.1, 0.15) is 17.2 Å². The van der Waals surface area contributed by atoms with Gasteiger partial charge in [-0.25, -0.2) is 19.1 Å². The minimum atomic E-state index is 0. The van der Waals surface area contributed by atoms with Crippen LogP contribution in [0.1, 0.15) is 6.92 Å². The summed E-state index contributed by atoms with van der Waals surface area (Å²) in [6, 6.07) is 26.1. The quantitative estimate of drug-likeness (QED) is 0.350. The third kappa shape index (κ3) is 17.7. The van der Waals surface area contributed by atoms with E-state index in [4.69, 9.17) is 15.3 Å². The first-order valence-corrected chi connectivity index (χ1v) is 7.72. The molecular formula is C22H25O3Ti-. The molecule has 0 aliphatic carbocycles. The van der Waals surface area contributed by atoms with Crippen molar-refractivity contribution in [2.45, 2.75) is 6.92 Å². The molecule has 136 valence electrons. The fourth-order valence-corrected chi connectivity index (χ4v) is 1.28.